The average Bonchev–Trinajstić information content (AvgIpc) is 2.54. The van der Waals surface area contributed by atoms with Gasteiger partial charge < -0.3 is 14.5 Å². The third-order valence-corrected chi connectivity index (χ3v) is 5.03. The Hall–Kier alpha value is -1.40. The number of nitrogens with zero attached hydrogens (tertiary/aromatic N) is 4. The predicted octanol–water partition coefficient (Wildman–Crippen LogP) is 1.59. The van der Waals surface area contributed by atoms with E-state index in [1.807, 2.05) is 11.9 Å². The average molecular weight is 325 g/mol. The summed E-state index contributed by atoms with van der Waals surface area (Å²) >= 11 is 5.83. The van der Waals surface area contributed by atoms with E-state index in [1.54, 1.807) is 19.5 Å². The molecule has 1 unspecified atom stereocenters. The summed E-state index contributed by atoms with van der Waals surface area (Å²) in [5.41, 5.74) is -0.295. The van der Waals surface area contributed by atoms with Gasteiger partial charge in [-0.1, -0.05) is 11.6 Å². The Bertz CT molecular complexity index is 543. The summed E-state index contributed by atoms with van der Waals surface area (Å²) in [5.74, 6) is 0.927. The topological polar surface area (TPSA) is 58.6 Å². The van der Waals surface area contributed by atoms with E-state index in [-0.39, 0.29) is 17.4 Å². The largest absolute Gasteiger partial charge is 0.380 e. The van der Waals surface area contributed by atoms with Gasteiger partial charge in [0.2, 0.25) is 11.9 Å². The number of carbonyl (C=O) groups excluding carboxylic acids is 1. The maximum absolute atomic E-state index is 12.7. The Morgan fingerprint density at radius 1 is 1.32 bits per heavy atom. The quantitative estimate of drug-likeness (QED) is 0.827. The van der Waals surface area contributed by atoms with Crippen molar-refractivity contribution < 1.29 is 9.53 Å². The molecule has 3 heterocycles. The molecule has 0 radical (unpaired) electrons. The van der Waals surface area contributed by atoms with Crippen molar-refractivity contribution in [2.45, 2.75) is 25.4 Å². The first-order valence-electron chi connectivity index (χ1n) is 7.55. The number of likely N-dealkylation sites (N-methyl/N-ethyl adjacent to an activating group) is 1. The molecule has 1 amide bonds. The summed E-state index contributed by atoms with van der Waals surface area (Å²) in [7, 11) is 3.59. The number of ether oxygens (including phenoxy) is 1. The van der Waals surface area contributed by atoms with Crippen molar-refractivity contribution in [3.05, 3.63) is 17.4 Å². The minimum absolute atomic E-state index is 0.126. The fraction of sp³-hybridized carbons (Fsp3) is 0.667. The van der Waals surface area contributed by atoms with E-state index in [9.17, 15) is 4.79 Å². The smallest absolute Gasteiger partial charge is 0.228 e. The highest BCUT2D eigenvalue weighted by Gasteiger charge is 2.48. The summed E-state index contributed by atoms with van der Waals surface area (Å²) in [4.78, 5) is 25.1. The van der Waals surface area contributed by atoms with Crippen molar-refractivity contribution in [2.75, 3.05) is 38.7 Å². The lowest BCUT2D eigenvalue weighted by Gasteiger charge is -2.47. The first kappa shape index (κ1) is 15.5. The van der Waals surface area contributed by atoms with Gasteiger partial charge in [-0.15, -0.1) is 0 Å². The normalized spacial score (nSPS) is 24.9. The molecule has 6 nitrogen and oxygen atoms in total. The number of amides is 1. The zero-order valence-electron chi connectivity index (χ0n) is 13.0. The molecule has 2 fully saturated rings. The molecule has 3 rings (SSSR count). The fourth-order valence-corrected chi connectivity index (χ4v) is 3.66. The van der Waals surface area contributed by atoms with Gasteiger partial charge in [-0.25, -0.2) is 9.97 Å². The van der Waals surface area contributed by atoms with Crippen molar-refractivity contribution in [2.24, 2.45) is 5.41 Å². The van der Waals surface area contributed by atoms with Gasteiger partial charge in [0, 0.05) is 33.8 Å². The standard InChI is InChI=1S/C15H21ClN4O2/c1-19-10-12(22-2)7-15(13(19)21)3-5-20(6-4-15)14-17-8-11(16)9-18-14/h8-9,12H,3-7,10H2,1-2H3. The molecule has 0 aromatic carbocycles. The van der Waals surface area contributed by atoms with Crippen LogP contribution in [0.5, 0.6) is 0 Å². The van der Waals surface area contributed by atoms with E-state index >= 15 is 0 Å². The number of hydrogen-bond donors (Lipinski definition) is 0. The van der Waals surface area contributed by atoms with Gasteiger partial charge in [0.25, 0.3) is 0 Å². The lowest BCUT2D eigenvalue weighted by Crippen LogP contribution is -2.56. The van der Waals surface area contributed by atoms with Gasteiger partial charge in [0.05, 0.1) is 28.9 Å². The molecule has 120 valence electrons. The Kier molecular flexibility index (Phi) is 4.23. The van der Waals surface area contributed by atoms with E-state index in [4.69, 9.17) is 16.3 Å². The van der Waals surface area contributed by atoms with Gasteiger partial charge >= 0.3 is 0 Å². The van der Waals surface area contributed by atoms with Crippen molar-refractivity contribution in [3.63, 3.8) is 0 Å². The van der Waals surface area contributed by atoms with Crippen LogP contribution in [0.2, 0.25) is 5.02 Å². The Balaban J connectivity index is 1.72. The second kappa shape index (κ2) is 6.01. The second-order valence-corrected chi connectivity index (χ2v) is 6.65. The van der Waals surface area contributed by atoms with E-state index in [0.717, 1.165) is 32.4 Å². The molecule has 1 aromatic rings. The first-order chi connectivity index (χ1) is 10.5. The third kappa shape index (κ3) is 2.77. The monoisotopic (exact) mass is 324 g/mol. The lowest BCUT2D eigenvalue weighted by molar-refractivity contribution is -0.153. The molecule has 0 aliphatic carbocycles. The highest BCUT2D eigenvalue weighted by atomic mass is 35.5. The number of methoxy groups -OCH3 is 1. The fourth-order valence-electron chi connectivity index (χ4n) is 3.56. The number of likely N-dealkylation sites (tertiary alicyclic amines) is 1. The van der Waals surface area contributed by atoms with E-state index in [2.05, 4.69) is 14.9 Å². The molecule has 2 saturated heterocycles. The van der Waals surface area contributed by atoms with Crippen LogP contribution >= 0.6 is 11.6 Å². The molecule has 2 aliphatic heterocycles. The third-order valence-electron chi connectivity index (χ3n) is 4.84. The van der Waals surface area contributed by atoms with Crippen LogP contribution in [-0.4, -0.2) is 60.7 Å². The summed E-state index contributed by atoms with van der Waals surface area (Å²) in [6.07, 6.45) is 5.76. The van der Waals surface area contributed by atoms with Crippen LogP contribution in [0.4, 0.5) is 5.95 Å². The van der Waals surface area contributed by atoms with Crippen LogP contribution in [0.1, 0.15) is 19.3 Å². The molecule has 1 spiro atoms. The summed E-state index contributed by atoms with van der Waals surface area (Å²) in [6.45, 7) is 2.23. The molecule has 7 heteroatoms. The zero-order chi connectivity index (χ0) is 15.7. The number of hydrogen-bond acceptors (Lipinski definition) is 5. The summed E-state index contributed by atoms with van der Waals surface area (Å²) < 4.78 is 5.52. The van der Waals surface area contributed by atoms with E-state index in [1.165, 1.54) is 0 Å². The van der Waals surface area contributed by atoms with Gasteiger partial charge in [-0.05, 0) is 19.3 Å². The second-order valence-electron chi connectivity index (χ2n) is 6.22. The Morgan fingerprint density at radius 3 is 2.55 bits per heavy atom. The number of carbonyl (C=O) groups is 1. The number of anilines is 1. The molecule has 22 heavy (non-hydrogen) atoms. The Labute approximate surface area is 135 Å². The van der Waals surface area contributed by atoms with Crippen molar-refractivity contribution in [1.29, 1.82) is 0 Å². The van der Waals surface area contributed by atoms with Crippen LogP contribution in [0.25, 0.3) is 0 Å². The van der Waals surface area contributed by atoms with Gasteiger partial charge in [0.1, 0.15) is 0 Å². The van der Waals surface area contributed by atoms with Crippen molar-refractivity contribution in [1.82, 2.24) is 14.9 Å². The van der Waals surface area contributed by atoms with Crippen LogP contribution in [-0.2, 0) is 9.53 Å². The molecule has 1 atom stereocenters. The number of rotatable bonds is 2. The molecule has 0 N–H and O–H groups in total. The van der Waals surface area contributed by atoms with Crippen molar-refractivity contribution in [3.8, 4) is 0 Å². The predicted molar refractivity (Wildman–Crippen MR) is 84.0 cm³/mol. The van der Waals surface area contributed by atoms with Gasteiger partial charge in [0.15, 0.2) is 0 Å². The van der Waals surface area contributed by atoms with E-state index in [0.29, 0.717) is 17.5 Å². The van der Waals surface area contributed by atoms with Crippen molar-refractivity contribution >= 4 is 23.5 Å². The molecule has 0 saturated carbocycles. The van der Waals surface area contributed by atoms with Crippen LogP contribution < -0.4 is 4.90 Å². The SMILES string of the molecule is COC1CN(C)C(=O)C2(CCN(c3ncc(Cl)cn3)CC2)C1. The highest BCUT2D eigenvalue weighted by Crippen LogP contribution is 2.41. The lowest BCUT2D eigenvalue weighted by atomic mass is 9.71. The number of aromatic nitrogens is 2. The van der Waals surface area contributed by atoms with Crippen LogP contribution in [0.15, 0.2) is 12.4 Å². The number of piperidine rings is 2. The molecule has 1 aromatic heterocycles. The Morgan fingerprint density at radius 2 is 1.95 bits per heavy atom. The first-order valence-corrected chi connectivity index (χ1v) is 7.93. The van der Waals surface area contributed by atoms with Gasteiger partial charge in [-0.3, -0.25) is 4.79 Å². The molecule has 0 bridgehead atoms. The maximum Gasteiger partial charge on any atom is 0.228 e. The molecule has 2 aliphatic rings. The summed E-state index contributed by atoms with van der Waals surface area (Å²) in [6, 6.07) is 0. The minimum Gasteiger partial charge on any atom is -0.380 e. The van der Waals surface area contributed by atoms with Crippen LogP contribution in [0.3, 0.4) is 0 Å². The highest BCUT2D eigenvalue weighted by molar-refractivity contribution is 6.30. The van der Waals surface area contributed by atoms with Gasteiger partial charge in [-0.2, -0.15) is 0 Å². The molecular formula is C15H21ClN4O2. The number of halogens is 1. The van der Waals surface area contributed by atoms with E-state index < -0.39 is 0 Å². The zero-order valence-corrected chi connectivity index (χ0v) is 13.7. The maximum atomic E-state index is 12.7. The van der Waals surface area contributed by atoms with Crippen LogP contribution in [0, 0.1) is 5.41 Å². The molecular weight excluding hydrogens is 304 g/mol. The summed E-state index contributed by atoms with van der Waals surface area (Å²) in [5, 5.41) is 0.532. The minimum atomic E-state index is -0.295.